The number of pyridine rings is 2. The smallest absolute Gasteiger partial charge is 0.261 e. The van der Waals surface area contributed by atoms with Crippen LogP contribution in [0.25, 0.3) is 0 Å². The van der Waals surface area contributed by atoms with Gasteiger partial charge in [-0.05, 0) is 25.1 Å². The monoisotopic (exact) mass is 261 g/mol. The van der Waals surface area contributed by atoms with E-state index < -0.39 is 0 Å². The van der Waals surface area contributed by atoms with E-state index in [1.807, 2.05) is 6.92 Å². The van der Waals surface area contributed by atoms with E-state index in [-0.39, 0.29) is 5.91 Å². The summed E-state index contributed by atoms with van der Waals surface area (Å²) >= 11 is 6.01. The second-order valence-corrected chi connectivity index (χ2v) is 4.02. The highest BCUT2D eigenvalue weighted by Crippen LogP contribution is 2.20. The number of carbonyl (C=O) groups excluding carboxylic acids is 1. The first kappa shape index (κ1) is 12.5. The van der Waals surface area contributed by atoms with Crippen molar-refractivity contribution in [1.82, 2.24) is 9.97 Å². The fourth-order valence-electron chi connectivity index (χ4n) is 1.65. The first-order valence-corrected chi connectivity index (χ1v) is 5.93. The lowest BCUT2D eigenvalue weighted by Gasteiger charge is -2.21. The first-order chi connectivity index (χ1) is 8.74. The molecule has 0 saturated carbocycles. The van der Waals surface area contributed by atoms with Crippen LogP contribution in [0.5, 0.6) is 0 Å². The Kier molecular flexibility index (Phi) is 3.89. The van der Waals surface area contributed by atoms with E-state index in [1.54, 1.807) is 41.7 Å². The van der Waals surface area contributed by atoms with Crippen molar-refractivity contribution in [2.45, 2.75) is 6.92 Å². The van der Waals surface area contributed by atoms with Crippen LogP contribution >= 0.6 is 11.6 Å². The number of hydrogen-bond acceptors (Lipinski definition) is 3. The van der Waals surface area contributed by atoms with E-state index in [9.17, 15) is 4.79 Å². The van der Waals surface area contributed by atoms with Crippen molar-refractivity contribution in [1.29, 1.82) is 0 Å². The van der Waals surface area contributed by atoms with Crippen molar-refractivity contribution < 1.29 is 4.79 Å². The Morgan fingerprint density at radius 1 is 1.22 bits per heavy atom. The third kappa shape index (κ3) is 2.49. The first-order valence-electron chi connectivity index (χ1n) is 5.55. The maximum atomic E-state index is 12.4. The third-order valence-corrected chi connectivity index (χ3v) is 2.86. The van der Waals surface area contributed by atoms with Crippen molar-refractivity contribution >= 4 is 23.2 Å². The Bertz CT molecular complexity index is 545. The molecule has 4 nitrogen and oxygen atoms in total. The van der Waals surface area contributed by atoms with Crippen molar-refractivity contribution in [3.63, 3.8) is 0 Å². The zero-order valence-corrected chi connectivity index (χ0v) is 10.6. The minimum Gasteiger partial charge on any atom is -0.308 e. The summed E-state index contributed by atoms with van der Waals surface area (Å²) in [5.74, 6) is -0.165. The molecule has 0 N–H and O–H groups in total. The van der Waals surface area contributed by atoms with Gasteiger partial charge in [0.25, 0.3) is 5.91 Å². The third-order valence-electron chi connectivity index (χ3n) is 2.53. The average Bonchev–Trinajstić information content (AvgIpc) is 2.41. The van der Waals surface area contributed by atoms with Crippen LogP contribution in [0.15, 0.2) is 43.0 Å². The number of carbonyl (C=O) groups is 1. The summed E-state index contributed by atoms with van der Waals surface area (Å²) in [5.41, 5.74) is 1.19. The van der Waals surface area contributed by atoms with Gasteiger partial charge in [-0.25, -0.2) is 0 Å². The van der Waals surface area contributed by atoms with Gasteiger partial charge in [-0.1, -0.05) is 11.6 Å². The second kappa shape index (κ2) is 5.60. The second-order valence-electron chi connectivity index (χ2n) is 3.61. The summed E-state index contributed by atoms with van der Waals surface area (Å²) in [6.07, 6.45) is 6.34. The molecular formula is C13H12ClN3O. The molecule has 2 aromatic heterocycles. The summed E-state index contributed by atoms with van der Waals surface area (Å²) in [4.78, 5) is 21.9. The van der Waals surface area contributed by atoms with Gasteiger partial charge in [0.1, 0.15) is 0 Å². The van der Waals surface area contributed by atoms with Gasteiger partial charge in [0, 0.05) is 37.0 Å². The van der Waals surface area contributed by atoms with Gasteiger partial charge in [-0.3, -0.25) is 14.8 Å². The molecule has 2 rings (SSSR count). The normalized spacial score (nSPS) is 10.1. The van der Waals surface area contributed by atoms with Crippen molar-refractivity contribution in [2.24, 2.45) is 0 Å². The molecule has 0 aliphatic rings. The van der Waals surface area contributed by atoms with Gasteiger partial charge < -0.3 is 4.90 Å². The maximum absolute atomic E-state index is 12.4. The lowest BCUT2D eigenvalue weighted by molar-refractivity contribution is 0.0988. The van der Waals surface area contributed by atoms with Crippen molar-refractivity contribution in [2.75, 3.05) is 11.4 Å². The number of aromatic nitrogens is 2. The van der Waals surface area contributed by atoms with Gasteiger partial charge in [0.15, 0.2) is 0 Å². The fourth-order valence-corrected chi connectivity index (χ4v) is 1.83. The molecule has 0 aromatic carbocycles. The molecule has 1 amide bonds. The number of hydrogen-bond donors (Lipinski definition) is 0. The van der Waals surface area contributed by atoms with Crippen LogP contribution in [-0.2, 0) is 0 Å². The molecule has 0 aliphatic carbocycles. The molecule has 0 radical (unpaired) electrons. The quantitative estimate of drug-likeness (QED) is 0.854. The molecule has 0 unspecified atom stereocenters. The molecule has 92 valence electrons. The zero-order chi connectivity index (χ0) is 13.0. The molecule has 2 aromatic rings. The molecular weight excluding hydrogens is 250 g/mol. The summed E-state index contributed by atoms with van der Waals surface area (Å²) in [5, 5.41) is 0.405. The Balaban J connectivity index is 2.35. The van der Waals surface area contributed by atoms with Gasteiger partial charge in [0.2, 0.25) is 0 Å². The zero-order valence-electron chi connectivity index (χ0n) is 9.88. The summed E-state index contributed by atoms with van der Waals surface area (Å²) in [7, 11) is 0. The van der Waals surface area contributed by atoms with Crippen LogP contribution in [0.2, 0.25) is 5.02 Å². The predicted octanol–water partition coefficient (Wildman–Crippen LogP) is 2.80. The van der Waals surface area contributed by atoms with Gasteiger partial charge in [-0.15, -0.1) is 0 Å². The Hall–Kier alpha value is -1.94. The number of anilines is 1. The molecule has 0 spiro atoms. The number of amides is 1. The average molecular weight is 262 g/mol. The lowest BCUT2D eigenvalue weighted by atomic mass is 10.2. The number of rotatable bonds is 3. The van der Waals surface area contributed by atoms with E-state index in [0.29, 0.717) is 17.1 Å². The van der Waals surface area contributed by atoms with Gasteiger partial charge >= 0.3 is 0 Å². The molecule has 5 heteroatoms. The van der Waals surface area contributed by atoms with Crippen LogP contribution in [-0.4, -0.2) is 22.4 Å². The van der Waals surface area contributed by atoms with Gasteiger partial charge in [-0.2, -0.15) is 0 Å². The standard InChI is InChI=1S/C13H12ClN3O/c1-2-17(10-3-6-15-7-4-10)13(18)11-9-16-8-5-12(11)14/h3-9H,2H2,1H3. The topological polar surface area (TPSA) is 46.1 Å². The van der Waals surface area contributed by atoms with E-state index in [2.05, 4.69) is 9.97 Å². The lowest BCUT2D eigenvalue weighted by Crippen LogP contribution is -2.30. The SMILES string of the molecule is CCN(C(=O)c1cnccc1Cl)c1ccncc1. The van der Waals surface area contributed by atoms with Crippen molar-refractivity contribution in [3.05, 3.63) is 53.6 Å². The highest BCUT2D eigenvalue weighted by Gasteiger charge is 2.18. The largest absolute Gasteiger partial charge is 0.308 e. The molecule has 0 saturated heterocycles. The molecule has 2 heterocycles. The predicted molar refractivity (Wildman–Crippen MR) is 70.8 cm³/mol. The maximum Gasteiger partial charge on any atom is 0.261 e. The Morgan fingerprint density at radius 2 is 1.89 bits per heavy atom. The molecule has 0 aliphatic heterocycles. The minimum atomic E-state index is -0.165. The van der Waals surface area contributed by atoms with Crippen LogP contribution < -0.4 is 4.90 Å². The molecule has 0 atom stereocenters. The Morgan fingerprint density at radius 3 is 2.50 bits per heavy atom. The van der Waals surface area contributed by atoms with Crippen LogP contribution in [0, 0.1) is 0 Å². The van der Waals surface area contributed by atoms with Gasteiger partial charge in [0.05, 0.1) is 10.6 Å². The highest BCUT2D eigenvalue weighted by atomic mass is 35.5. The van der Waals surface area contributed by atoms with Crippen LogP contribution in [0.1, 0.15) is 17.3 Å². The summed E-state index contributed by atoms with van der Waals surface area (Å²) < 4.78 is 0. The number of nitrogens with zero attached hydrogens (tertiary/aromatic N) is 3. The van der Waals surface area contributed by atoms with E-state index in [4.69, 9.17) is 11.6 Å². The van der Waals surface area contributed by atoms with E-state index in [0.717, 1.165) is 5.69 Å². The highest BCUT2D eigenvalue weighted by molar-refractivity contribution is 6.34. The van der Waals surface area contributed by atoms with Crippen molar-refractivity contribution in [3.8, 4) is 0 Å². The van der Waals surface area contributed by atoms with Crippen LogP contribution in [0.3, 0.4) is 0 Å². The fraction of sp³-hybridized carbons (Fsp3) is 0.154. The summed E-state index contributed by atoms with van der Waals surface area (Å²) in [6, 6.07) is 5.17. The molecule has 0 fully saturated rings. The summed E-state index contributed by atoms with van der Waals surface area (Å²) in [6.45, 7) is 2.46. The Labute approximate surface area is 110 Å². The van der Waals surface area contributed by atoms with Crippen LogP contribution in [0.4, 0.5) is 5.69 Å². The molecule has 0 bridgehead atoms. The molecule has 18 heavy (non-hydrogen) atoms. The minimum absolute atomic E-state index is 0.165. The van der Waals surface area contributed by atoms with E-state index >= 15 is 0 Å². The van der Waals surface area contributed by atoms with E-state index in [1.165, 1.54) is 6.20 Å². The number of halogens is 1.